The normalized spacial score (nSPS) is 13.2. The van der Waals surface area contributed by atoms with Crippen LogP contribution in [0.2, 0.25) is 0 Å². The summed E-state index contributed by atoms with van der Waals surface area (Å²) < 4.78 is 16.8. The van der Waals surface area contributed by atoms with Crippen LogP contribution in [0, 0.1) is 0 Å². The van der Waals surface area contributed by atoms with Gasteiger partial charge in [-0.05, 0) is 122 Å². The molecule has 0 spiro atoms. The maximum atomic E-state index is 12.8. The summed E-state index contributed by atoms with van der Waals surface area (Å²) in [5.41, 5.74) is 0. The molecular weight excluding hydrogens is 949 g/mol. The van der Waals surface area contributed by atoms with E-state index >= 15 is 0 Å². The first-order valence-corrected chi connectivity index (χ1v) is 31.0. The molecule has 0 bridgehead atoms. The number of carbonyl (C=O) groups is 3. The summed E-state index contributed by atoms with van der Waals surface area (Å²) in [6.07, 6.45) is 92.8. The predicted octanol–water partition coefficient (Wildman–Crippen LogP) is 21.3. The fourth-order valence-corrected chi connectivity index (χ4v) is 8.03. The highest BCUT2D eigenvalue weighted by molar-refractivity contribution is 5.72. The van der Waals surface area contributed by atoms with Crippen LogP contribution >= 0.6 is 0 Å². The number of rotatable bonds is 54. The van der Waals surface area contributed by atoms with Gasteiger partial charge >= 0.3 is 17.9 Å². The second-order valence-electron chi connectivity index (χ2n) is 19.8. The number of allylic oxidation sites excluding steroid dienone is 25. The third kappa shape index (κ3) is 61.8. The minimum Gasteiger partial charge on any atom is -0.462 e. The smallest absolute Gasteiger partial charge is 0.310 e. The molecular formula is C71H112O6. The van der Waals surface area contributed by atoms with Crippen LogP contribution in [-0.2, 0) is 28.6 Å². The van der Waals surface area contributed by atoms with E-state index < -0.39 is 12.1 Å². The third-order valence-corrected chi connectivity index (χ3v) is 12.5. The van der Waals surface area contributed by atoms with Crippen molar-refractivity contribution in [1.29, 1.82) is 0 Å². The summed E-state index contributed by atoms with van der Waals surface area (Å²) in [5, 5.41) is 0. The molecule has 0 saturated heterocycles. The van der Waals surface area contributed by atoms with E-state index in [1.165, 1.54) is 70.6 Å². The van der Waals surface area contributed by atoms with Gasteiger partial charge in [0.2, 0.25) is 0 Å². The number of hydrogen-bond donors (Lipinski definition) is 0. The molecule has 0 aliphatic rings. The van der Waals surface area contributed by atoms with E-state index in [0.29, 0.717) is 19.3 Å². The second kappa shape index (κ2) is 63.6. The molecule has 0 aliphatic heterocycles. The Labute approximate surface area is 473 Å². The highest BCUT2D eigenvalue weighted by atomic mass is 16.6. The molecule has 0 fully saturated rings. The minimum absolute atomic E-state index is 0.0865. The van der Waals surface area contributed by atoms with Crippen LogP contribution in [0.4, 0.5) is 0 Å². The molecule has 6 nitrogen and oxygen atoms in total. The Morgan fingerprint density at radius 1 is 0.273 bits per heavy atom. The van der Waals surface area contributed by atoms with Crippen LogP contribution in [0.5, 0.6) is 0 Å². The molecule has 432 valence electrons. The molecule has 6 heteroatoms. The second-order valence-corrected chi connectivity index (χ2v) is 19.8. The number of esters is 3. The van der Waals surface area contributed by atoms with Crippen molar-refractivity contribution in [2.75, 3.05) is 13.2 Å². The van der Waals surface area contributed by atoms with E-state index in [-0.39, 0.29) is 31.6 Å². The molecule has 0 aromatic rings. The maximum absolute atomic E-state index is 12.8. The fourth-order valence-electron chi connectivity index (χ4n) is 8.03. The first-order chi connectivity index (χ1) is 38.0. The van der Waals surface area contributed by atoms with E-state index in [9.17, 15) is 14.4 Å². The average Bonchev–Trinajstić information content (AvgIpc) is 3.43. The highest BCUT2D eigenvalue weighted by Crippen LogP contribution is 2.15. The minimum atomic E-state index is -0.847. The molecule has 1 unspecified atom stereocenters. The van der Waals surface area contributed by atoms with Crippen LogP contribution in [-0.4, -0.2) is 37.2 Å². The summed E-state index contributed by atoms with van der Waals surface area (Å²) in [5.74, 6) is -1.08. The lowest BCUT2D eigenvalue weighted by molar-refractivity contribution is -0.166. The highest BCUT2D eigenvalue weighted by Gasteiger charge is 2.19. The van der Waals surface area contributed by atoms with E-state index in [1.807, 2.05) is 6.08 Å². The summed E-state index contributed by atoms with van der Waals surface area (Å²) in [7, 11) is 0. The lowest BCUT2D eigenvalue weighted by Gasteiger charge is -2.18. The lowest BCUT2D eigenvalue weighted by atomic mass is 10.0. The van der Waals surface area contributed by atoms with Gasteiger partial charge in [-0.25, -0.2) is 0 Å². The first-order valence-electron chi connectivity index (χ1n) is 31.0. The van der Waals surface area contributed by atoms with E-state index in [1.54, 1.807) is 6.08 Å². The molecule has 0 saturated carbocycles. The van der Waals surface area contributed by atoms with Crippen LogP contribution in [0.3, 0.4) is 0 Å². The fraction of sp³-hybridized carbons (Fsp3) is 0.592. The van der Waals surface area contributed by atoms with Crippen LogP contribution in [0.15, 0.2) is 158 Å². The zero-order chi connectivity index (χ0) is 55.7. The monoisotopic (exact) mass is 1060 g/mol. The molecule has 0 N–H and O–H groups in total. The van der Waals surface area contributed by atoms with Crippen molar-refractivity contribution in [3.05, 3.63) is 158 Å². The zero-order valence-corrected chi connectivity index (χ0v) is 49.4. The van der Waals surface area contributed by atoms with Crippen molar-refractivity contribution >= 4 is 17.9 Å². The van der Waals surface area contributed by atoms with Crippen LogP contribution in [0.25, 0.3) is 0 Å². The molecule has 0 radical (unpaired) electrons. The topological polar surface area (TPSA) is 78.9 Å². The largest absolute Gasteiger partial charge is 0.462 e. The van der Waals surface area contributed by atoms with Gasteiger partial charge in [0.1, 0.15) is 13.2 Å². The van der Waals surface area contributed by atoms with Gasteiger partial charge in [0.25, 0.3) is 0 Å². The average molecular weight is 1060 g/mol. The van der Waals surface area contributed by atoms with Gasteiger partial charge in [0.05, 0.1) is 6.42 Å². The lowest BCUT2D eigenvalue weighted by Crippen LogP contribution is -2.30. The molecule has 1 atom stereocenters. The van der Waals surface area contributed by atoms with Crippen molar-refractivity contribution in [2.45, 2.75) is 258 Å². The molecule has 77 heavy (non-hydrogen) atoms. The van der Waals surface area contributed by atoms with Crippen molar-refractivity contribution in [3.8, 4) is 0 Å². The van der Waals surface area contributed by atoms with Crippen molar-refractivity contribution < 1.29 is 28.6 Å². The van der Waals surface area contributed by atoms with Gasteiger partial charge in [-0.3, -0.25) is 14.4 Å². The molecule has 0 heterocycles. The Hall–Kier alpha value is -4.97. The summed E-state index contributed by atoms with van der Waals surface area (Å²) in [6.45, 7) is 6.19. The van der Waals surface area contributed by atoms with Gasteiger partial charge in [0, 0.05) is 12.8 Å². The number of unbranched alkanes of at least 4 members (excludes halogenated alkanes) is 18. The Morgan fingerprint density at radius 2 is 0.506 bits per heavy atom. The van der Waals surface area contributed by atoms with Crippen molar-refractivity contribution in [2.24, 2.45) is 0 Å². The Kier molecular flexibility index (Phi) is 59.5. The Balaban J connectivity index is 4.37. The Bertz CT molecular complexity index is 1740. The van der Waals surface area contributed by atoms with Gasteiger partial charge in [-0.1, -0.05) is 269 Å². The van der Waals surface area contributed by atoms with E-state index in [0.717, 1.165) is 135 Å². The van der Waals surface area contributed by atoms with Gasteiger partial charge in [-0.2, -0.15) is 0 Å². The van der Waals surface area contributed by atoms with E-state index in [2.05, 4.69) is 167 Å². The summed E-state index contributed by atoms with van der Waals surface area (Å²) >= 11 is 0. The van der Waals surface area contributed by atoms with Crippen LogP contribution < -0.4 is 0 Å². The first kappa shape index (κ1) is 72.0. The van der Waals surface area contributed by atoms with Gasteiger partial charge in [0.15, 0.2) is 6.10 Å². The zero-order valence-electron chi connectivity index (χ0n) is 49.4. The quantitative estimate of drug-likeness (QED) is 0.0261. The number of ether oxygens (including phenoxy) is 3. The van der Waals surface area contributed by atoms with Crippen LogP contribution in [0.1, 0.15) is 252 Å². The molecule has 0 aromatic heterocycles. The summed E-state index contributed by atoms with van der Waals surface area (Å²) in [6, 6.07) is 0. The van der Waals surface area contributed by atoms with Gasteiger partial charge in [-0.15, -0.1) is 0 Å². The molecule has 0 aromatic carbocycles. The molecule has 0 aliphatic carbocycles. The van der Waals surface area contributed by atoms with Crippen molar-refractivity contribution in [3.63, 3.8) is 0 Å². The number of carbonyl (C=O) groups excluding carboxylic acids is 3. The predicted molar refractivity (Wildman–Crippen MR) is 334 cm³/mol. The summed E-state index contributed by atoms with van der Waals surface area (Å²) in [4.78, 5) is 38.2. The maximum Gasteiger partial charge on any atom is 0.310 e. The number of hydrogen-bond acceptors (Lipinski definition) is 6. The van der Waals surface area contributed by atoms with E-state index in [4.69, 9.17) is 14.2 Å². The Morgan fingerprint density at radius 3 is 0.792 bits per heavy atom. The van der Waals surface area contributed by atoms with Crippen molar-refractivity contribution in [1.82, 2.24) is 0 Å². The third-order valence-electron chi connectivity index (χ3n) is 12.5. The standard InChI is InChI=1S/C71H112O6/c1-4-7-10-13-16-19-22-25-28-29-30-31-32-33-34-35-36-37-38-39-40-41-44-46-49-52-55-58-61-64-70(73)76-67-68(77-71(74)65-62-59-56-53-50-47-43-27-24-21-18-15-12-9-6-3)66-75-69(72)63-60-57-54-51-48-45-42-26-23-20-17-14-11-8-5-2/h7-12,16-21,25-28,30-31,33-34,42-43,50,53,59,62,68H,4-6,13-15,22-24,29,32,35-41,44-49,51-52,54-58,60-61,63-67H2,1-3H3/b10-7-,11-8-,12-9-,19-16-,20-17-,21-18-,28-25-,31-30-,34-33-,42-26-,43-27-,53-50-,62-59-. The SMILES string of the molecule is CC/C=C\C/C=C\C/C=C\C/C=C\C/C=C\CCCCCCCCCCCCCCCC(=O)OCC(COC(=O)CCCCCCC/C=C\C/C=C\C/C=C\CC)OC(=O)C/C=C\C/C=C\C/C=C\C/C=C\C/C=C\CC. The van der Waals surface area contributed by atoms with Gasteiger partial charge < -0.3 is 14.2 Å². The molecule has 0 rings (SSSR count). The molecule has 0 amide bonds.